The molecule has 0 fully saturated rings. The predicted molar refractivity (Wildman–Crippen MR) is 97.0 cm³/mol. The predicted octanol–water partition coefficient (Wildman–Crippen LogP) is 2.68. The molecule has 0 bridgehead atoms. The summed E-state index contributed by atoms with van der Waals surface area (Å²) in [5.41, 5.74) is 14.1. The van der Waals surface area contributed by atoms with Crippen LogP contribution in [0.1, 0.15) is 20.7 Å². The second-order valence-electron chi connectivity index (χ2n) is 5.42. The Hall–Kier alpha value is -3.67. The average Bonchev–Trinajstić information content (AvgIpc) is 2.64. The Balaban J connectivity index is 1.88. The van der Waals surface area contributed by atoms with E-state index in [1.165, 1.54) is 0 Å². The lowest BCUT2D eigenvalue weighted by atomic mass is 10.0. The summed E-state index contributed by atoms with van der Waals surface area (Å²) in [6.45, 7) is 0. The van der Waals surface area contributed by atoms with E-state index in [-0.39, 0.29) is 11.7 Å². The quantitative estimate of drug-likeness (QED) is 0.682. The van der Waals surface area contributed by atoms with Crippen LogP contribution in [0.3, 0.4) is 0 Å². The first-order valence-electron chi connectivity index (χ1n) is 7.57. The molecule has 2 aromatic carbocycles. The fourth-order valence-corrected chi connectivity index (χ4v) is 2.34. The highest BCUT2D eigenvalue weighted by molar-refractivity contribution is 6.05. The van der Waals surface area contributed by atoms with E-state index in [1.807, 2.05) is 6.07 Å². The van der Waals surface area contributed by atoms with Crippen LogP contribution < -0.4 is 16.8 Å². The number of pyridine rings is 1. The normalized spacial score (nSPS) is 10.2. The second-order valence-corrected chi connectivity index (χ2v) is 5.42. The Bertz CT molecular complexity index is 922. The molecule has 0 aliphatic carbocycles. The minimum Gasteiger partial charge on any atom is -0.382 e. The number of nitrogens with one attached hydrogen (secondary N) is 1. The van der Waals surface area contributed by atoms with E-state index in [0.29, 0.717) is 16.8 Å². The number of nitrogen functional groups attached to an aromatic ring is 1. The van der Waals surface area contributed by atoms with E-state index in [1.54, 1.807) is 60.8 Å². The van der Waals surface area contributed by atoms with Crippen molar-refractivity contribution in [3.05, 3.63) is 78.0 Å². The standard InChI is InChI=1S/C19H16N4O2/c20-17-16(23-19(25)14-4-2-1-3-5-14)10-15(11-22-17)12-6-8-13(9-7-12)18(21)24/h1-11H,(H2,20,22)(H2,21,24)(H,23,25). The third kappa shape index (κ3) is 3.64. The number of benzene rings is 2. The largest absolute Gasteiger partial charge is 0.382 e. The van der Waals surface area contributed by atoms with Gasteiger partial charge in [-0.3, -0.25) is 9.59 Å². The summed E-state index contributed by atoms with van der Waals surface area (Å²) >= 11 is 0. The molecule has 6 heteroatoms. The van der Waals surface area contributed by atoms with Crippen molar-refractivity contribution in [3.8, 4) is 11.1 Å². The molecule has 124 valence electrons. The number of rotatable bonds is 4. The van der Waals surface area contributed by atoms with Gasteiger partial charge >= 0.3 is 0 Å². The zero-order chi connectivity index (χ0) is 17.8. The SMILES string of the molecule is NC(=O)c1ccc(-c2cnc(N)c(NC(=O)c3ccccc3)c2)cc1. The Morgan fingerprint density at radius 3 is 2.20 bits per heavy atom. The van der Waals surface area contributed by atoms with Gasteiger partial charge in [-0.25, -0.2) is 4.98 Å². The van der Waals surface area contributed by atoms with E-state index in [9.17, 15) is 9.59 Å². The lowest BCUT2D eigenvalue weighted by molar-refractivity contribution is 0.0997. The zero-order valence-electron chi connectivity index (χ0n) is 13.3. The lowest BCUT2D eigenvalue weighted by Gasteiger charge is -2.10. The molecule has 3 aromatic rings. The van der Waals surface area contributed by atoms with Crippen LogP contribution in [-0.2, 0) is 0 Å². The molecule has 2 amide bonds. The molecule has 1 aromatic heterocycles. The lowest BCUT2D eigenvalue weighted by Crippen LogP contribution is -2.13. The number of nitrogens with two attached hydrogens (primary N) is 2. The number of aromatic nitrogens is 1. The highest BCUT2D eigenvalue weighted by atomic mass is 16.2. The van der Waals surface area contributed by atoms with Crippen LogP contribution in [0.15, 0.2) is 66.9 Å². The van der Waals surface area contributed by atoms with Gasteiger partial charge in [0.15, 0.2) is 0 Å². The second kappa shape index (κ2) is 6.84. The van der Waals surface area contributed by atoms with E-state index in [4.69, 9.17) is 11.5 Å². The molecular weight excluding hydrogens is 316 g/mol. The molecule has 3 rings (SSSR count). The van der Waals surface area contributed by atoms with Crippen molar-refractivity contribution in [1.29, 1.82) is 0 Å². The van der Waals surface area contributed by atoms with Crippen LogP contribution in [0.2, 0.25) is 0 Å². The first-order valence-corrected chi connectivity index (χ1v) is 7.57. The first-order chi connectivity index (χ1) is 12.0. The van der Waals surface area contributed by atoms with Crippen LogP contribution in [-0.4, -0.2) is 16.8 Å². The number of amides is 2. The summed E-state index contributed by atoms with van der Waals surface area (Å²) in [6, 6.07) is 17.4. The van der Waals surface area contributed by atoms with Crippen molar-refractivity contribution in [2.45, 2.75) is 0 Å². The summed E-state index contributed by atoms with van der Waals surface area (Å²) in [4.78, 5) is 27.6. The number of carbonyl (C=O) groups is 2. The molecule has 0 saturated heterocycles. The monoisotopic (exact) mass is 332 g/mol. The first kappa shape index (κ1) is 16.2. The Morgan fingerprint density at radius 1 is 0.880 bits per heavy atom. The van der Waals surface area contributed by atoms with Crippen molar-refractivity contribution in [3.63, 3.8) is 0 Å². The number of hydrogen-bond acceptors (Lipinski definition) is 4. The van der Waals surface area contributed by atoms with E-state index >= 15 is 0 Å². The summed E-state index contributed by atoms with van der Waals surface area (Å²) in [5.74, 6) is -0.532. The summed E-state index contributed by atoms with van der Waals surface area (Å²) in [6.07, 6.45) is 1.60. The fraction of sp³-hybridized carbons (Fsp3) is 0. The molecule has 0 aliphatic heterocycles. The van der Waals surface area contributed by atoms with Crippen LogP contribution in [0, 0.1) is 0 Å². The maximum absolute atomic E-state index is 12.3. The molecule has 0 unspecified atom stereocenters. The molecule has 0 radical (unpaired) electrons. The fourth-order valence-electron chi connectivity index (χ4n) is 2.34. The van der Waals surface area contributed by atoms with Crippen LogP contribution in [0.25, 0.3) is 11.1 Å². The third-order valence-electron chi connectivity index (χ3n) is 3.71. The number of nitrogens with zero attached hydrogens (tertiary/aromatic N) is 1. The topological polar surface area (TPSA) is 111 Å². The summed E-state index contributed by atoms with van der Waals surface area (Å²) in [5, 5.41) is 2.77. The van der Waals surface area contributed by atoms with Gasteiger partial charge < -0.3 is 16.8 Å². The highest BCUT2D eigenvalue weighted by Gasteiger charge is 2.10. The zero-order valence-corrected chi connectivity index (χ0v) is 13.3. The molecule has 0 saturated carbocycles. The third-order valence-corrected chi connectivity index (χ3v) is 3.71. The van der Waals surface area contributed by atoms with Gasteiger partial charge in [-0.15, -0.1) is 0 Å². The highest BCUT2D eigenvalue weighted by Crippen LogP contribution is 2.26. The van der Waals surface area contributed by atoms with E-state index in [0.717, 1.165) is 11.1 Å². The van der Waals surface area contributed by atoms with Gasteiger partial charge in [0.2, 0.25) is 5.91 Å². The summed E-state index contributed by atoms with van der Waals surface area (Å²) < 4.78 is 0. The van der Waals surface area contributed by atoms with Crippen molar-refractivity contribution < 1.29 is 9.59 Å². The van der Waals surface area contributed by atoms with E-state index < -0.39 is 5.91 Å². The number of hydrogen-bond donors (Lipinski definition) is 3. The number of primary amides is 1. The van der Waals surface area contributed by atoms with Gasteiger partial charge in [-0.1, -0.05) is 30.3 Å². The maximum atomic E-state index is 12.3. The minimum absolute atomic E-state index is 0.224. The van der Waals surface area contributed by atoms with Gasteiger partial charge in [0.05, 0.1) is 5.69 Å². The maximum Gasteiger partial charge on any atom is 0.255 e. The molecular formula is C19H16N4O2. The Kier molecular flexibility index (Phi) is 4.43. The molecule has 0 spiro atoms. The molecule has 0 aliphatic rings. The van der Waals surface area contributed by atoms with Crippen molar-refractivity contribution in [2.75, 3.05) is 11.1 Å². The van der Waals surface area contributed by atoms with Crippen molar-refractivity contribution in [1.82, 2.24) is 4.98 Å². The number of carbonyl (C=O) groups excluding carboxylic acids is 2. The molecule has 1 heterocycles. The number of anilines is 2. The van der Waals surface area contributed by atoms with Crippen molar-refractivity contribution >= 4 is 23.3 Å². The Labute approximate surface area is 144 Å². The van der Waals surface area contributed by atoms with Gasteiger partial charge in [-0.2, -0.15) is 0 Å². The minimum atomic E-state index is -0.488. The summed E-state index contributed by atoms with van der Waals surface area (Å²) in [7, 11) is 0. The van der Waals surface area contributed by atoms with Crippen LogP contribution in [0.5, 0.6) is 0 Å². The van der Waals surface area contributed by atoms with Gasteiger partial charge in [0.1, 0.15) is 5.82 Å². The molecule has 25 heavy (non-hydrogen) atoms. The van der Waals surface area contributed by atoms with Crippen molar-refractivity contribution in [2.24, 2.45) is 5.73 Å². The Morgan fingerprint density at radius 2 is 1.56 bits per heavy atom. The van der Waals surface area contributed by atoms with Crippen LogP contribution >= 0.6 is 0 Å². The molecule has 6 nitrogen and oxygen atoms in total. The smallest absolute Gasteiger partial charge is 0.255 e. The van der Waals surface area contributed by atoms with Gasteiger partial charge in [0.25, 0.3) is 5.91 Å². The molecule has 0 atom stereocenters. The molecule has 5 N–H and O–H groups in total. The average molecular weight is 332 g/mol. The van der Waals surface area contributed by atoms with Gasteiger partial charge in [0, 0.05) is 22.9 Å². The van der Waals surface area contributed by atoms with E-state index in [2.05, 4.69) is 10.3 Å². The van der Waals surface area contributed by atoms with Gasteiger partial charge in [-0.05, 0) is 35.9 Å². The van der Waals surface area contributed by atoms with Crippen LogP contribution in [0.4, 0.5) is 11.5 Å².